The zero-order valence-electron chi connectivity index (χ0n) is 15.9. The normalized spacial score (nSPS) is 13.1. The van der Waals surface area contributed by atoms with Crippen molar-refractivity contribution in [3.63, 3.8) is 0 Å². The van der Waals surface area contributed by atoms with Crippen LogP contribution in [0.25, 0.3) is 16.9 Å². The Morgan fingerprint density at radius 3 is 2.72 bits per heavy atom. The van der Waals surface area contributed by atoms with E-state index in [1.54, 1.807) is 38.2 Å². The van der Waals surface area contributed by atoms with E-state index < -0.39 is 5.60 Å². The van der Waals surface area contributed by atoms with Crippen LogP contribution in [0, 0.1) is 18.8 Å². The van der Waals surface area contributed by atoms with E-state index >= 15 is 0 Å². The first kappa shape index (κ1) is 18.4. The second-order valence-electron chi connectivity index (χ2n) is 6.61. The lowest BCUT2D eigenvalue weighted by molar-refractivity contribution is 0.108. The molecule has 0 bridgehead atoms. The van der Waals surface area contributed by atoms with Crippen molar-refractivity contribution in [2.45, 2.75) is 19.4 Å². The van der Waals surface area contributed by atoms with Gasteiger partial charge in [0.1, 0.15) is 5.82 Å². The Hall–Kier alpha value is -3.97. The molecule has 1 unspecified atom stereocenters. The van der Waals surface area contributed by atoms with Gasteiger partial charge in [-0.1, -0.05) is 17.0 Å². The third-order valence-corrected chi connectivity index (χ3v) is 4.36. The highest BCUT2D eigenvalue weighted by Gasteiger charge is 2.26. The predicted octanol–water partition coefficient (Wildman–Crippen LogP) is 0.652. The smallest absolute Gasteiger partial charge is 0.334 e. The molecule has 0 aliphatic carbocycles. The summed E-state index contributed by atoms with van der Waals surface area (Å²) in [6, 6.07) is 6.86. The molecule has 0 aliphatic heterocycles. The molecule has 0 radical (unpaired) electrons. The minimum atomic E-state index is -1.59. The highest BCUT2D eigenvalue weighted by Crippen LogP contribution is 2.19. The topological polar surface area (TPSA) is 138 Å². The lowest BCUT2D eigenvalue weighted by Crippen LogP contribution is -2.21. The first-order valence-electron chi connectivity index (χ1n) is 8.63. The molecule has 0 saturated heterocycles. The highest BCUT2D eigenvalue weighted by molar-refractivity contribution is 5.79. The Balaban J connectivity index is 1.83. The summed E-state index contributed by atoms with van der Waals surface area (Å²) in [5.74, 6) is 6.47. The molecule has 4 rings (SSSR count). The molecule has 0 spiro atoms. The van der Waals surface area contributed by atoms with Crippen molar-refractivity contribution < 1.29 is 9.63 Å². The van der Waals surface area contributed by atoms with Crippen molar-refractivity contribution in [1.29, 1.82) is 0 Å². The Morgan fingerprint density at radius 2 is 2.03 bits per heavy atom. The summed E-state index contributed by atoms with van der Waals surface area (Å²) in [7, 11) is 1.67. The standard InChI is InChI=1S/C19H17N7O3/c1-11-22-16(24-29-11)19(2,28)8-6-12-4-5-13-14(10-12)26(18(27)25(13)3)15-7-9-21-17(20)23-15/h4-5,7,9-10,28H,1-3H3,(H2,20,21,23). The monoisotopic (exact) mass is 391 g/mol. The van der Waals surface area contributed by atoms with Crippen LogP contribution >= 0.6 is 0 Å². The molecule has 10 nitrogen and oxygen atoms in total. The summed E-state index contributed by atoms with van der Waals surface area (Å²) >= 11 is 0. The minimum Gasteiger partial charge on any atom is -0.371 e. The van der Waals surface area contributed by atoms with Crippen LogP contribution in [0.15, 0.2) is 39.8 Å². The number of nitrogens with zero attached hydrogens (tertiary/aromatic N) is 6. The van der Waals surface area contributed by atoms with Crippen molar-refractivity contribution in [1.82, 2.24) is 29.2 Å². The number of aliphatic hydroxyl groups is 1. The van der Waals surface area contributed by atoms with Gasteiger partial charge in [-0.3, -0.25) is 4.57 Å². The number of imidazole rings is 1. The lowest BCUT2D eigenvalue weighted by Gasteiger charge is -2.10. The summed E-state index contributed by atoms with van der Waals surface area (Å²) in [5, 5.41) is 14.2. The van der Waals surface area contributed by atoms with Crippen molar-refractivity contribution in [2.75, 3.05) is 5.73 Å². The summed E-state index contributed by atoms with van der Waals surface area (Å²) in [6.45, 7) is 3.10. The molecule has 4 aromatic rings. The van der Waals surface area contributed by atoms with Crippen molar-refractivity contribution >= 4 is 17.0 Å². The van der Waals surface area contributed by atoms with Gasteiger partial charge in [-0.05, 0) is 25.1 Å². The average Bonchev–Trinajstić information content (AvgIpc) is 3.23. The molecule has 10 heteroatoms. The number of anilines is 1. The highest BCUT2D eigenvalue weighted by atomic mass is 16.5. The quantitative estimate of drug-likeness (QED) is 0.475. The van der Waals surface area contributed by atoms with Crippen LogP contribution in [0.2, 0.25) is 0 Å². The lowest BCUT2D eigenvalue weighted by atomic mass is 10.1. The van der Waals surface area contributed by atoms with Gasteiger partial charge in [0.05, 0.1) is 11.0 Å². The van der Waals surface area contributed by atoms with Gasteiger partial charge in [-0.2, -0.15) is 9.97 Å². The fourth-order valence-corrected chi connectivity index (χ4v) is 2.88. The number of rotatable bonds is 2. The van der Waals surface area contributed by atoms with E-state index in [1.807, 2.05) is 0 Å². The Labute approximate surface area is 164 Å². The molecule has 3 aromatic heterocycles. The third-order valence-electron chi connectivity index (χ3n) is 4.36. The maximum atomic E-state index is 12.7. The van der Waals surface area contributed by atoms with E-state index in [0.717, 1.165) is 0 Å². The van der Waals surface area contributed by atoms with Gasteiger partial charge in [0.25, 0.3) is 0 Å². The minimum absolute atomic E-state index is 0.0637. The molecule has 3 heterocycles. The van der Waals surface area contributed by atoms with Gasteiger partial charge in [0.2, 0.25) is 17.7 Å². The zero-order chi connectivity index (χ0) is 20.8. The van der Waals surface area contributed by atoms with Gasteiger partial charge in [0, 0.05) is 31.8 Å². The molecular weight excluding hydrogens is 374 g/mol. The SMILES string of the molecule is Cc1nc(C(C)(O)C#Cc2ccc3c(c2)n(-c2ccnc(N)n2)c(=O)n3C)no1. The number of hydrogen-bond donors (Lipinski definition) is 2. The second-order valence-corrected chi connectivity index (χ2v) is 6.61. The van der Waals surface area contributed by atoms with Crippen LogP contribution in [-0.4, -0.2) is 34.3 Å². The largest absolute Gasteiger partial charge is 0.371 e. The van der Waals surface area contributed by atoms with Crippen molar-refractivity contribution in [3.8, 4) is 17.7 Å². The fourth-order valence-electron chi connectivity index (χ4n) is 2.88. The van der Waals surface area contributed by atoms with E-state index in [1.165, 1.54) is 22.3 Å². The number of aryl methyl sites for hydroxylation is 2. The van der Waals surface area contributed by atoms with Crippen LogP contribution in [0.3, 0.4) is 0 Å². The van der Waals surface area contributed by atoms with E-state index in [0.29, 0.717) is 28.3 Å². The van der Waals surface area contributed by atoms with Crippen molar-refractivity contribution in [3.05, 3.63) is 58.2 Å². The Bertz CT molecular complexity index is 1350. The van der Waals surface area contributed by atoms with Gasteiger partial charge >= 0.3 is 5.69 Å². The molecule has 146 valence electrons. The van der Waals surface area contributed by atoms with E-state index in [2.05, 4.69) is 31.9 Å². The fraction of sp³-hybridized carbons (Fsp3) is 0.211. The predicted molar refractivity (Wildman–Crippen MR) is 104 cm³/mol. The average molecular weight is 391 g/mol. The van der Waals surface area contributed by atoms with Gasteiger partial charge in [0.15, 0.2) is 5.60 Å². The van der Waals surface area contributed by atoms with E-state index in [-0.39, 0.29) is 17.5 Å². The van der Waals surface area contributed by atoms with Gasteiger partial charge < -0.3 is 15.4 Å². The summed E-state index contributed by atoms with van der Waals surface area (Å²) in [5.41, 5.74) is 5.66. The third kappa shape index (κ3) is 3.24. The number of benzene rings is 1. The molecule has 0 saturated carbocycles. The van der Waals surface area contributed by atoms with Crippen LogP contribution in [0.5, 0.6) is 0 Å². The number of nitrogen functional groups attached to an aromatic ring is 1. The Morgan fingerprint density at radius 1 is 1.24 bits per heavy atom. The molecule has 29 heavy (non-hydrogen) atoms. The van der Waals surface area contributed by atoms with Crippen LogP contribution in [0.1, 0.15) is 24.2 Å². The molecule has 3 N–H and O–H groups in total. The summed E-state index contributed by atoms with van der Waals surface area (Å²) < 4.78 is 7.83. The van der Waals surface area contributed by atoms with Gasteiger partial charge in [-0.15, -0.1) is 0 Å². The van der Waals surface area contributed by atoms with Gasteiger partial charge in [-0.25, -0.2) is 14.3 Å². The number of aromatic nitrogens is 6. The molecule has 0 fully saturated rings. The van der Waals surface area contributed by atoms with Crippen LogP contribution in [0.4, 0.5) is 5.95 Å². The molecule has 0 amide bonds. The Kier molecular flexibility index (Phi) is 4.17. The van der Waals surface area contributed by atoms with E-state index in [4.69, 9.17) is 10.3 Å². The summed E-state index contributed by atoms with van der Waals surface area (Å²) in [6.07, 6.45) is 1.48. The zero-order valence-corrected chi connectivity index (χ0v) is 15.9. The number of hydrogen-bond acceptors (Lipinski definition) is 8. The molecular formula is C19H17N7O3. The summed E-state index contributed by atoms with van der Waals surface area (Å²) in [4.78, 5) is 24.8. The molecule has 0 aliphatic rings. The first-order chi connectivity index (χ1) is 13.8. The number of nitrogens with two attached hydrogens (primary N) is 1. The maximum absolute atomic E-state index is 12.7. The molecule has 1 aromatic carbocycles. The number of fused-ring (bicyclic) bond motifs is 1. The molecule has 1 atom stereocenters. The second kappa shape index (κ2) is 6.57. The maximum Gasteiger partial charge on any atom is 0.334 e. The van der Waals surface area contributed by atoms with Crippen molar-refractivity contribution in [2.24, 2.45) is 7.05 Å². The van der Waals surface area contributed by atoms with Crippen LogP contribution in [-0.2, 0) is 12.6 Å². The van der Waals surface area contributed by atoms with Crippen LogP contribution < -0.4 is 11.4 Å². The first-order valence-corrected chi connectivity index (χ1v) is 8.63. The van der Waals surface area contributed by atoms with E-state index in [9.17, 15) is 9.90 Å².